The van der Waals surface area contributed by atoms with E-state index in [9.17, 15) is 0 Å². The number of anilines is 3. The molecule has 0 saturated carbocycles. The molecule has 10 rings (SSSR count). The topological polar surface area (TPSA) is 8.17 Å². The molecule has 0 radical (unpaired) electrons. The lowest BCUT2D eigenvalue weighted by molar-refractivity contribution is 0.397. The van der Waals surface area contributed by atoms with Gasteiger partial charge in [-0.25, -0.2) is 0 Å². The number of nitrogens with zero attached hydrogens (tertiary/aromatic N) is 2. The molecule has 1 heterocycles. The van der Waals surface area contributed by atoms with Crippen LogP contribution in [-0.2, 0) is 11.8 Å². The molecule has 408 valence electrons. The minimum atomic E-state index is 0.0515. The number of para-hydroxylation sites is 1. The van der Waals surface area contributed by atoms with E-state index in [1.54, 1.807) is 11.1 Å². The van der Waals surface area contributed by atoms with Crippen molar-refractivity contribution < 1.29 is 0 Å². The Kier molecular flexibility index (Phi) is 19.0. The molecule has 0 N–H and O–H groups in total. The highest BCUT2D eigenvalue weighted by Gasteiger charge is 2.42. The number of hydrogen-bond donors (Lipinski definition) is 0. The number of benzene rings is 8. The summed E-state index contributed by atoms with van der Waals surface area (Å²) in [6, 6.07) is 67.7. The van der Waals surface area contributed by atoms with E-state index in [0.717, 1.165) is 23.5 Å². The highest BCUT2D eigenvalue weighted by molar-refractivity contribution is 6.10. The van der Waals surface area contributed by atoms with Gasteiger partial charge in [-0.05, 0) is 162 Å². The van der Waals surface area contributed by atoms with Gasteiger partial charge in [-0.1, -0.05) is 257 Å². The summed E-state index contributed by atoms with van der Waals surface area (Å²) in [7, 11) is 0. The zero-order valence-electron chi connectivity index (χ0n) is 48.9. The van der Waals surface area contributed by atoms with Crippen LogP contribution in [0.3, 0.4) is 0 Å². The zero-order valence-corrected chi connectivity index (χ0v) is 48.9. The van der Waals surface area contributed by atoms with E-state index in [0.29, 0.717) is 0 Å². The number of rotatable bonds is 29. The highest BCUT2D eigenvalue weighted by Crippen LogP contribution is 2.55. The predicted octanol–water partition coefficient (Wildman–Crippen LogP) is 23.7. The summed E-state index contributed by atoms with van der Waals surface area (Å²) in [5.74, 6) is 0. The molecule has 2 nitrogen and oxygen atoms in total. The highest BCUT2D eigenvalue weighted by atomic mass is 15.1. The van der Waals surface area contributed by atoms with Gasteiger partial charge < -0.3 is 9.47 Å². The summed E-state index contributed by atoms with van der Waals surface area (Å²) < 4.78 is 2.44. The van der Waals surface area contributed by atoms with E-state index in [2.05, 4.69) is 220 Å². The van der Waals surface area contributed by atoms with Crippen molar-refractivity contribution >= 4 is 38.9 Å². The van der Waals surface area contributed by atoms with Crippen LogP contribution in [0.25, 0.3) is 60.9 Å². The first-order valence-electron chi connectivity index (χ1n) is 31.4. The summed E-state index contributed by atoms with van der Waals surface area (Å²) in [5.41, 5.74) is 22.4. The van der Waals surface area contributed by atoms with Crippen molar-refractivity contribution in [3.63, 3.8) is 0 Å². The number of aromatic nitrogens is 1. The van der Waals surface area contributed by atoms with Crippen LogP contribution in [0.1, 0.15) is 190 Å². The first-order valence-corrected chi connectivity index (χ1v) is 31.4. The number of aryl methyl sites for hydroxylation is 3. The molecule has 8 aromatic carbocycles. The smallest absolute Gasteiger partial charge is 0.0541 e. The molecule has 9 aromatic rings. The lowest BCUT2D eigenvalue weighted by Crippen LogP contribution is -2.25. The van der Waals surface area contributed by atoms with Gasteiger partial charge in [-0.2, -0.15) is 0 Å². The van der Waals surface area contributed by atoms with Gasteiger partial charge in [0.25, 0.3) is 0 Å². The molecule has 1 aliphatic carbocycles. The van der Waals surface area contributed by atoms with Crippen LogP contribution in [0.15, 0.2) is 176 Å². The lowest BCUT2D eigenvalue weighted by Gasteiger charge is -2.33. The number of hydrogen-bond acceptors (Lipinski definition) is 1. The summed E-state index contributed by atoms with van der Waals surface area (Å²) in [4.78, 5) is 2.42. The molecule has 2 heteroatoms. The number of fused-ring (bicyclic) bond motifs is 6. The third-order valence-corrected chi connectivity index (χ3v) is 17.8. The first kappa shape index (κ1) is 55.7. The fourth-order valence-electron chi connectivity index (χ4n) is 13.3. The second-order valence-electron chi connectivity index (χ2n) is 23.7. The van der Waals surface area contributed by atoms with Gasteiger partial charge in [0, 0.05) is 38.9 Å². The van der Waals surface area contributed by atoms with Crippen LogP contribution < -0.4 is 4.90 Å². The van der Waals surface area contributed by atoms with Crippen LogP contribution in [-0.4, -0.2) is 4.57 Å². The molecule has 79 heavy (non-hydrogen) atoms. The Morgan fingerprint density at radius 1 is 0.354 bits per heavy atom. The summed E-state index contributed by atoms with van der Waals surface area (Å²) in [5, 5.41) is 2.56. The standard InChI is InChI=1S/C77H90N2/c1-6-9-12-15-17-19-21-26-53-77(54-27-22-20-18-16-13-10-7-2)73-55-59(5)33-50-69(73)70-51-40-64(57-74(70)77)62-38-48-67(49-39-62)78(65-42-31-58(4)32-43-65)66-46-36-61(37-47-66)63-41-52-76-72(56-63)71-29-24-25-30-75(71)79(76)68-44-34-60(35-45-68)28-23-14-11-8-3/h24-25,29-52,55-57H,6-23,26-28,53-54H2,1-5H3. The average molecular weight is 1040 g/mol. The van der Waals surface area contributed by atoms with E-state index in [-0.39, 0.29) is 5.41 Å². The largest absolute Gasteiger partial charge is 0.311 e. The molecular formula is C77H90N2. The van der Waals surface area contributed by atoms with E-state index in [1.807, 2.05) is 0 Å². The normalized spacial score (nSPS) is 12.6. The summed E-state index contributed by atoms with van der Waals surface area (Å²) in [6.07, 6.45) is 30.5. The fourth-order valence-corrected chi connectivity index (χ4v) is 13.3. The quantitative estimate of drug-likeness (QED) is 0.0424. The van der Waals surface area contributed by atoms with E-state index < -0.39 is 0 Å². The van der Waals surface area contributed by atoms with Crippen LogP contribution in [0, 0.1) is 13.8 Å². The molecule has 0 spiro atoms. The second kappa shape index (κ2) is 27.0. The monoisotopic (exact) mass is 1040 g/mol. The van der Waals surface area contributed by atoms with Crippen LogP contribution in [0.2, 0.25) is 0 Å². The first-order chi connectivity index (χ1) is 38.9. The maximum absolute atomic E-state index is 2.62. The number of unbranched alkanes of at least 4 members (excludes halogenated alkanes) is 17. The Hall–Kier alpha value is -6.64. The predicted molar refractivity (Wildman–Crippen MR) is 344 cm³/mol. The van der Waals surface area contributed by atoms with Crippen molar-refractivity contribution in [2.24, 2.45) is 0 Å². The van der Waals surface area contributed by atoms with Crippen LogP contribution in [0.4, 0.5) is 17.1 Å². The Morgan fingerprint density at radius 3 is 1.38 bits per heavy atom. The molecule has 0 atom stereocenters. The molecule has 0 bridgehead atoms. The van der Waals surface area contributed by atoms with Gasteiger partial charge in [-0.3, -0.25) is 0 Å². The minimum Gasteiger partial charge on any atom is -0.311 e. The lowest BCUT2D eigenvalue weighted by atomic mass is 9.70. The molecule has 0 unspecified atom stereocenters. The van der Waals surface area contributed by atoms with Crippen molar-refractivity contribution in [3.05, 3.63) is 204 Å². The van der Waals surface area contributed by atoms with E-state index in [1.165, 1.54) is 219 Å². The van der Waals surface area contributed by atoms with E-state index >= 15 is 0 Å². The molecule has 0 amide bonds. The molecule has 0 saturated heterocycles. The molecular weight excluding hydrogens is 953 g/mol. The van der Waals surface area contributed by atoms with Crippen LogP contribution >= 0.6 is 0 Å². The molecule has 0 aliphatic heterocycles. The molecule has 1 aliphatic rings. The van der Waals surface area contributed by atoms with Gasteiger partial charge in [0.1, 0.15) is 0 Å². The average Bonchev–Trinajstić information content (AvgIpc) is 3.88. The zero-order chi connectivity index (χ0) is 54.4. The molecule has 1 aromatic heterocycles. The minimum absolute atomic E-state index is 0.0515. The maximum Gasteiger partial charge on any atom is 0.0541 e. The fraction of sp³-hybridized carbons (Fsp3) is 0.377. The Bertz CT molecular complexity index is 3330. The second-order valence-corrected chi connectivity index (χ2v) is 23.7. The third-order valence-electron chi connectivity index (χ3n) is 17.8. The van der Waals surface area contributed by atoms with Crippen LogP contribution in [0.5, 0.6) is 0 Å². The Morgan fingerprint density at radius 2 is 0.797 bits per heavy atom. The van der Waals surface area contributed by atoms with Gasteiger partial charge in [-0.15, -0.1) is 0 Å². The van der Waals surface area contributed by atoms with Crippen molar-refractivity contribution in [1.29, 1.82) is 0 Å². The van der Waals surface area contributed by atoms with Crippen molar-refractivity contribution in [1.82, 2.24) is 4.57 Å². The van der Waals surface area contributed by atoms with Crippen molar-refractivity contribution in [3.8, 4) is 39.1 Å². The van der Waals surface area contributed by atoms with Crippen molar-refractivity contribution in [2.45, 2.75) is 188 Å². The Labute approximate surface area is 476 Å². The summed E-state index contributed by atoms with van der Waals surface area (Å²) >= 11 is 0. The SMILES string of the molecule is CCCCCCCCCCC1(CCCCCCCCCC)c2cc(C)ccc2-c2ccc(-c3ccc(N(c4ccc(C)cc4)c4ccc(-c5ccc6c(c5)c5ccccc5n6-c5ccc(CCCCCC)cc5)cc4)cc3)cc21. The maximum atomic E-state index is 2.62. The van der Waals surface area contributed by atoms with E-state index in [4.69, 9.17) is 0 Å². The third kappa shape index (κ3) is 12.9. The van der Waals surface area contributed by atoms with Gasteiger partial charge in [0.2, 0.25) is 0 Å². The Balaban J connectivity index is 0.924. The molecule has 0 fully saturated rings. The van der Waals surface area contributed by atoms with Gasteiger partial charge >= 0.3 is 0 Å². The van der Waals surface area contributed by atoms with Crippen molar-refractivity contribution in [2.75, 3.05) is 4.90 Å². The van der Waals surface area contributed by atoms with Gasteiger partial charge in [0.15, 0.2) is 0 Å². The summed E-state index contributed by atoms with van der Waals surface area (Å²) in [6.45, 7) is 11.4. The van der Waals surface area contributed by atoms with Gasteiger partial charge in [0.05, 0.1) is 11.0 Å².